The van der Waals surface area contributed by atoms with Crippen molar-refractivity contribution in [2.75, 3.05) is 32.8 Å². The molecule has 152 valence electrons. The minimum absolute atomic E-state index is 0.0916. The number of ether oxygens (including phenoxy) is 1. The fourth-order valence-corrected chi connectivity index (χ4v) is 3.44. The van der Waals surface area contributed by atoms with E-state index in [0.717, 1.165) is 44.5 Å². The Kier molecular flexibility index (Phi) is 7.56. The van der Waals surface area contributed by atoms with Crippen molar-refractivity contribution in [2.45, 2.75) is 39.7 Å². The second-order valence-electron chi connectivity index (χ2n) is 7.27. The standard InChI is InChI=1S/C21H30N4O3/c1-3-27-13-5-10-22-21(26)17-8-11-25(12-9-17)15-19-23-20(24-28-19)18-7-4-6-16(2)14-18/h4,6-7,14,17H,3,5,8-13,15H2,1-2H3,(H,22,26). The summed E-state index contributed by atoms with van der Waals surface area (Å²) in [6, 6.07) is 8.07. The Morgan fingerprint density at radius 1 is 1.36 bits per heavy atom. The fraction of sp³-hybridized carbons (Fsp3) is 0.571. The molecule has 2 aromatic rings. The Morgan fingerprint density at radius 3 is 2.93 bits per heavy atom. The zero-order valence-corrected chi connectivity index (χ0v) is 16.8. The first-order valence-electron chi connectivity index (χ1n) is 10.1. The first-order valence-corrected chi connectivity index (χ1v) is 10.1. The van der Waals surface area contributed by atoms with Gasteiger partial charge in [-0.05, 0) is 52.3 Å². The monoisotopic (exact) mass is 386 g/mol. The molecule has 0 radical (unpaired) electrons. The van der Waals surface area contributed by atoms with Crippen molar-refractivity contribution in [1.29, 1.82) is 0 Å². The molecule has 28 heavy (non-hydrogen) atoms. The maximum absolute atomic E-state index is 12.3. The molecule has 1 aliphatic rings. The van der Waals surface area contributed by atoms with Crippen LogP contribution in [-0.4, -0.2) is 53.8 Å². The van der Waals surface area contributed by atoms with Gasteiger partial charge >= 0.3 is 0 Å². The Balaban J connectivity index is 1.41. The van der Waals surface area contributed by atoms with Crippen molar-refractivity contribution in [3.05, 3.63) is 35.7 Å². The zero-order valence-electron chi connectivity index (χ0n) is 16.8. The van der Waals surface area contributed by atoms with Crippen molar-refractivity contribution in [3.63, 3.8) is 0 Å². The number of hydrogen-bond acceptors (Lipinski definition) is 6. The number of likely N-dealkylation sites (tertiary alicyclic amines) is 1. The van der Waals surface area contributed by atoms with E-state index in [1.807, 2.05) is 38.1 Å². The molecule has 1 aromatic carbocycles. The summed E-state index contributed by atoms with van der Waals surface area (Å²) < 4.78 is 10.7. The lowest BCUT2D eigenvalue weighted by Crippen LogP contribution is -2.40. The summed E-state index contributed by atoms with van der Waals surface area (Å²) in [6.07, 6.45) is 2.57. The fourth-order valence-electron chi connectivity index (χ4n) is 3.44. The average molecular weight is 386 g/mol. The van der Waals surface area contributed by atoms with E-state index >= 15 is 0 Å². The second kappa shape index (κ2) is 10.3. The SMILES string of the molecule is CCOCCCNC(=O)C1CCN(Cc2nc(-c3cccc(C)c3)no2)CC1. The number of nitrogens with zero attached hydrogens (tertiary/aromatic N) is 3. The predicted octanol–water partition coefficient (Wildman–Crippen LogP) is 2.80. The third kappa shape index (κ3) is 5.87. The summed E-state index contributed by atoms with van der Waals surface area (Å²) in [4.78, 5) is 19.1. The second-order valence-corrected chi connectivity index (χ2v) is 7.27. The number of benzene rings is 1. The molecular formula is C21H30N4O3. The number of aryl methyl sites for hydroxylation is 1. The van der Waals surface area contributed by atoms with Crippen LogP contribution < -0.4 is 5.32 Å². The number of piperidine rings is 1. The topological polar surface area (TPSA) is 80.5 Å². The molecule has 1 amide bonds. The first kappa shape index (κ1) is 20.5. The van der Waals surface area contributed by atoms with Crippen LogP contribution >= 0.6 is 0 Å². The molecule has 3 rings (SSSR count). The summed E-state index contributed by atoms with van der Waals surface area (Å²) in [5.74, 6) is 1.50. The Labute approximate surface area is 166 Å². The van der Waals surface area contributed by atoms with E-state index in [9.17, 15) is 4.79 Å². The van der Waals surface area contributed by atoms with Gasteiger partial charge in [-0.1, -0.05) is 28.9 Å². The molecule has 1 aliphatic heterocycles. The Bertz CT molecular complexity index is 754. The summed E-state index contributed by atoms with van der Waals surface area (Å²) in [7, 11) is 0. The third-order valence-electron chi connectivity index (χ3n) is 5.03. The number of amides is 1. The minimum atomic E-state index is 0.0916. The molecule has 0 unspecified atom stereocenters. The van der Waals surface area contributed by atoms with Crippen molar-refractivity contribution in [2.24, 2.45) is 5.92 Å². The minimum Gasteiger partial charge on any atom is -0.382 e. The van der Waals surface area contributed by atoms with Crippen LogP contribution in [0.5, 0.6) is 0 Å². The van der Waals surface area contributed by atoms with Crippen molar-refractivity contribution < 1.29 is 14.1 Å². The molecule has 7 heteroatoms. The lowest BCUT2D eigenvalue weighted by Gasteiger charge is -2.30. The molecule has 0 aliphatic carbocycles. The molecule has 0 atom stereocenters. The van der Waals surface area contributed by atoms with Gasteiger partial charge < -0.3 is 14.6 Å². The number of hydrogen-bond donors (Lipinski definition) is 1. The molecule has 2 heterocycles. The van der Waals surface area contributed by atoms with Crippen LogP contribution in [0.4, 0.5) is 0 Å². The van der Waals surface area contributed by atoms with Crippen LogP contribution in [0.2, 0.25) is 0 Å². The van der Waals surface area contributed by atoms with Gasteiger partial charge in [-0.2, -0.15) is 4.98 Å². The van der Waals surface area contributed by atoms with Gasteiger partial charge in [0.25, 0.3) is 0 Å². The molecular weight excluding hydrogens is 356 g/mol. The zero-order chi connectivity index (χ0) is 19.8. The van der Waals surface area contributed by atoms with Crippen LogP contribution in [0.15, 0.2) is 28.8 Å². The van der Waals surface area contributed by atoms with Crippen LogP contribution in [0.3, 0.4) is 0 Å². The van der Waals surface area contributed by atoms with E-state index in [4.69, 9.17) is 9.26 Å². The van der Waals surface area contributed by atoms with E-state index < -0.39 is 0 Å². The molecule has 1 aromatic heterocycles. The summed E-state index contributed by atoms with van der Waals surface area (Å²) in [5, 5.41) is 7.13. The van der Waals surface area contributed by atoms with Crippen LogP contribution in [0.25, 0.3) is 11.4 Å². The van der Waals surface area contributed by atoms with E-state index in [2.05, 4.69) is 20.4 Å². The maximum Gasteiger partial charge on any atom is 0.241 e. The van der Waals surface area contributed by atoms with Crippen LogP contribution in [-0.2, 0) is 16.1 Å². The lowest BCUT2D eigenvalue weighted by atomic mass is 9.96. The first-order chi connectivity index (χ1) is 13.7. The van der Waals surface area contributed by atoms with Gasteiger partial charge in [0.1, 0.15) is 0 Å². The van der Waals surface area contributed by atoms with Gasteiger partial charge in [-0.15, -0.1) is 0 Å². The van der Waals surface area contributed by atoms with Gasteiger partial charge in [0.2, 0.25) is 17.6 Å². The van der Waals surface area contributed by atoms with Crippen LogP contribution in [0, 0.1) is 12.8 Å². The molecule has 0 saturated carbocycles. The average Bonchev–Trinajstić information content (AvgIpc) is 3.17. The predicted molar refractivity (Wildman–Crippen MR) is 107 cm³/mol. The van der Waals surface area contributed by atoms with Crippen molar-refractivity contribution in [3.8, 4) is 11.4 Å². The molecule has 1 saturated heterocycles. The summed E-state index contributed by atoms with van der Waals surface area (Å²) in [6.45, 7) is 8.47. The molecule has 1 N–H and O–H groups in total. The maximum atomic E-state index is 12.3. The smallest absolute Gasteiger partial charge is 0.241 e. The highest BCUT2D eigenvalue weighted by atomic mass is 16.5. The van der Waals surface area contributed by atoms with E-state index in [0.29, 0.717) is 31.4 Å². The highest BCUT2D eigenvalue weighted by Gasteiger charge is 2.25. The van der Waals surface area contributed by atoms with Gasteiger partial charge in [0, 0.05) is 31.2 Å². The van der Waals surface area contributed by atoms with Gasteiger partial charge in [-0.25, -0.2) is 0 Å². The lowest BCUT2D eigenvalue weighted by molar-refractivity contribution is -0.126. The highest BCUT2D eigenvalue weighted by Crippen LogP contribution is 2.21. The van der Waals surface area contributed by atoms with Crippen LogP contribution in [0.1, 0.15) is 37.6 Å². The van der Waals surface area contributed by atoms with Crippen molar-refractivity contribution >= 4 is 5.91 Å². The molecule has 0 spiro atoms. The van der Waals surface area contributed by atoms with Crippen molar-refractivity contribution in [1.82, 2.24) is 20.4 Å². The Morgan fingerprint density at radius 2 is 2.18 bits per heavy atom. The number of rotatable bonds is 9. The van der Waals surface area contributed by atoms with Gasteiger partial charge in [0.15, 0.2) is 0 Å². The van der Waals surface area contributed by atoms with Gasteiger partial charge in [0.05, 0.1) is 6.54 Å². The van der Waals surface area contributed by atoms with E-state index in [1.165, 1.54) is 5.56 Å². The molecule has 1 fully saturated rings. The van der Waals surface area contributed by atoms with Gasteiger partial charge in [-0.3, -0.25) is 9.69 Å². The largest absolute Gasteiger partial charge is 0.382 e. The molecule has 7 nitrogen and oxygen atoms in total. The summed E-state index contributed by atoms with van der Waals surface area (Å²) >= 11 is 0. The van der Waals surface area contributed by atoms with E-state index in [-0.39, 0.29) is 11.8 Å². The highest BCUT2D eigenvalue weighted by molar-refractivity contribution is 5.78. The van der Waals surface area contributed by atoms with E-state index in [1.54, 1.807) is 0 Å². The quantitative estimate of drug-likeness (QED) is 0.668. The number of carbonyl (C=O) groups excluding carboxylic acids is 1. The normalized spacial score (nSPS) is 15.6. The number of nitrogens with one attached hydrogen (secondary N) is 1. The Hall–Kier alpha value is -2.25. The number of aromatic nitrogens is 2. The summed E-state index contributed by atoms with van der Waals surface area (Å²) in [5.41, 5.74) is 2.14. The third-order valence-corrected chi connectivity index (χ3v) is 5.03. The molecule has 0 bridgehead atoms. The number of carbonyl (C=O) groups is 1.